The van der Waals surface area contributed by atoms with Crippen molar-refractivity contribution in [1.82, 2.24) is 9.97 Å². The summed E-state index contributed by atoms with van der Waals surface area (Å²) in [4.78, 5) is 8.13. The molecule has 0 saturated carbocycles. The number of anilines is 4. The van der Waals surface area contributed by atoms with Crippen molar-refractivity contribution in [3.8, 4) is 11.5 Å². The van der Waals surface area contributed by atoms with Crippen molar-refractivity contribution in [3.63, 3.8) is 0 Å². The molecule has 0 aliphatic carbocycles. The van der Waals surface area contributed by atoms with Crippen LogP contribution in [0.1, 0.15) is 0 Å². The lowest BCUT2D eigenvalue weighted by Crippen LogP contribution is -2.05. The maximum absolute atomic E-state index is 14.2. The number of hydrogen-bond acceptors (Lipinski definition) is 8. The van der Waals surface area contributed by atoms with Crippen molar-refractivity contribution >= 4 is 23.1 Å². The molecule has 3 rings (SSSR count). The zero-order chi connectivity index (χ0) is 20.5. The van der Waals surface area contributed by atoms with Gasteiger partial charge in [-0.25, -0.2) is 9.37 Å². The van der Waals surface area contributed by atoms with Gasteiger partial charge in [-0.05, 0) is 24.3 Å². The number of ether oxygens (including phenoxy) is 2. The van der Waals surface area contributed by atoms with E-state index in [1.807, 2.05) is 0 Å². The highest BCUT2D eigenvalue weighted by Crippen LogP contribution is 2.24. The van der Waals surface area contributed by atoms with Gasteiger partial charge in [0.2, 0.25) is 5.95 Å². The smallest absolute Gasteiger partial charge is 0.229 e. The number of rotatable bonds is 10. The van der Waals surface area contributed by atoms with E-state index in [1.54, 1.807) is 48.5 Å². The minimum atomic E-state index is -0.614. The van der Waals surface area contributed by atoms with Crippen LogP contribution in [-0.2, 0) is 0 Å². The molecule has 0 aliphatic heterocycles. The van der Waals surface area contributed by atoms with Crippen LogP contribution in [0.4, 0.5) is 27.5 Å². The molecule has 3 aromatic rings. The third-order valence-corrected chi connectivity index (χ3v) is 3.65. The summed E-state index contributed by atoms with van der Waals surface area (Å²) in [6, 6.07) is 13.9. The number of aliphatic hydroxyl groups is 2. The van der Waals surface area contributed by atoms with Crippen LogP contribution in [0.25, 0.3) is 0 Å². The molecule has 0 saturated heterocycles. The van der Waals surface area contributed by atoms with Gasteiger partial charge in [0, 0.05) is 23.5 Å². The summed E-state index contributed by atoms with van der Waals surface area (Å²) in [6.45, 7) is 0.172. The van der Waals surface area contributed by atoms with E-state index >= 15 is 0 Å². The van der Waals surface area contributed by atoms with Crippen molar-refractivity contribution in [2.45, 2.75) is 0 Å². The first-order chi connectivity index (χ1) is 14.2. The fraction of sp³-hybridized carbons (Fsp3) is 0.200. The Morgan fingerprint density at radius 3 is 2.03 bits per heavy atom. The van der Waals surface area contributed by atoms with Crippen molar-refractivity contribution in [2.24, 2.45) is 0 Å². The van der Waals surface area contributed by atoms with Gasteiger partial charge in [0.15, 0.2) is 11.6 Å². The quantitative estimate of drug-likeness (QED) is 0.411. The van der Waals surface area contributed by atoms with Crippen molar-refractivity contribution in [3.05, 3.63) is 60.5 Å². The van der Waals surface area contributed by atoms with Gasteiger partial charge in [0.05, 0.1) is 19.4 Å². The minimum Gasteiger partial charge on any atom is -0.491 e. The molecule has 0 atom stereocenters. The summed E-state index contributed by atoms with van der Waals surface area (Å²) in [5.41, 5.74) is 1.22. The average Bonchev–Trinajstić information content (AvgIpc) is 2.74. The first-order valence-electron chi connectivity index (χ1n) is 8.92. The third kappa shape index (κ3) is 6.03. The van der Waals surface area contributed by atoms with Gasteiger partial charge in [-0.3, -0.25) is 0 Å². The summed E-state index contributed by atoms with van der Waals surface area (Å²) in [7, 11) is 0. The second-order valence-corrected chi connectivity index (χ2v) is 5.84. The van der Waals surface area contributed by atoms with E-state index in [4.69, 9.17) is 19.7 Å². The fourth-order valence-electron chi connectivity index (χ4n) is 2.44. The summed E-state index contributed by atoms with van der Waals surface area (Å²) < 4.78 is 24.9. The maximum Gasteiger partial charge on any atom is 0.229 e. The van der Waals surface area contributed by atoms with Gasteiger partial charge >= 0.3 is 0 Å². The fourth-order valence-corrected chi connectivity index (χ4v) is 2.44. The predicted molar refractivity (Wildman–Crippen MR) is 107 cm³/mol. The molecule has 1 aromatic heterocycles. The van der Waals surface area contributed by atoms with E-state index in [9.17, 15) is 4.39 Å². The highest BCUT2D eigenvalue weighted by molar-refractivity contribution is 5.61. The second-order valence-electron chi connectivity index (χ2n) is 5.84. The number of aliphatic hydroxyl groups excluding tert-OH is 2. The van der Waals surface area contributed by atoms with Gasteiger partial charge < -0.3 is 30.3 Å². The van der Waals surface area contributed by atoms with Crippen LogP contribution in [0.2, 0.25) is 0 Å². The number of hydrogen-bond donors (Lipinski definition) is 4. The Kier molecular flexibility index (Phi) is 7.15. The normalized spacial score (nSPS) is 10.4. The lowest BCUT2D eigenvalue weighted by atomic mass is 10.3. The Hall–Kier alpha value is -3.43. The van der Waals surface area contributed by atoms with E-state index in [0.717, 1.165) is 6.20 Å². The molecular weight excluding hydrogens is 379 g/mol. The molecule has 2 aromatic carbocycles. The van der Waals surface area contributed by atoms with Gasteiger partial charge in [0.1, 0.15) is 24.7 Å². The highest BCUT2D eigenvalue weighted by Gasteiger charge is 2.09. The van der Waals surface area contributed by atoms with Gasteiger partial charge in [-0.2, -0.15) is 4.98 Å². The molecule has 0 bridgehead atoms. The standard InChI is InChI=1S/C20H21FN4O4/c21-18-13-22-20(24-15-4-2-6-17(12-15)29-10-8-27)25-19(18)23-14-3-1-5-16(11-14)28-9-7-26/h1-6,11-13,26-27H,7-10H2,(H2,22,23,24,25). The van der Waals surface area contributed by atoms with Crippen LogP contribution in [0.3, 0.4) is 0 Å². The maximum atomic E-state index is 14.2. The summed E-state index contributed by atoms with van der Waals surface area (Å²) in [5.74, 6) is 0.688. The molecule has 0 amide bonds. The van der Waals surface area contributed by atoms with E-state index in [1.165, 1.54) is 0 Å². The van der Waals surface area contributed by atoms with E-state index in [-0.39, 0.29) is 38.2 Å². The molecule has 152 valence electrons. The Morgan fingerprint density at radius 2 is 1.45 bits per heavy atom. The Bertz CT molecular complexity index is 942. The Labute approximate surface area is 167 Å². The number of halogens is 1. The number of nitrogens with one attached hydrogen (secondary N) is 2. The largest absolute Gasteiger partial charge is 0.491 e. The molecule has 0 spiro atoms. The van der Waals surface area contributed by atoms with Crippen LogP contribution < -0.4 is 20.1 Å². The first kappa shape index (κ1) is 20.3. The van der Waals surface area contributed by atoms with Gasteiger partial charge in [-0.15, -0.1) is 0 Å². The molecule has 1 heterocycles. The average molecular weight is 400 g/mol. The van der Waals surface area contributed by atoms with Gasteiger partial charge in [0.25, 0.3) is 0 Å². The monoisotopic (exact) mass is 400 g/mol. The molecule has 8 nitrogen and oxygen atoms in total. The number of nitrogens with zero attached hydrogens (tertiary/aromatic N) is 2. The Balaban J connectivity index is 1.73. The van der Waals surface area contributed by atoms with E-state index < -0.39 is 5.82 Å². The van der Waals surface area contributed by atoms with Crippen molar-refractivity contribution < 1.29 is 24.1 Å². The van der Waals surface area contributed by atoms with Crippen LogP contribution in [0.5, 0.6) is 11.5 Å². The molecule has 4 N–H and O–H groups in total. The first-order valence-corrected chi connectivity index (χ1v) is 8.92. The number of benzene rings is 2. The van der Waals surface area contributed by atoms with Crippen LogP contribution in [0.15, 0.2) is 54.7 Å². The minimum absolute atomic E-state index is 0.00510. The summed E-state index contributed by atoms with van der Waals surface area (Å²) in [5, 5.41) is 23.6. The third-order valence-electron chi connectivity index (χ3n) is 3.65. The molecular formula is C20H21FN4O4. The van der Waals surface area contributed by atoms with Gasteiger partial charge in [-0.1, -0.05) is 12.1 Å². The highest BCUT2D eigenvalue weighted by atomic mass is 19.1. The molecule has 0 radical (unpaired) electrons. The number of aromatic nitrogens is 2. The van der Waals surface area contributed by atoms with Crippen molar-refractivity contribution in [2.75, 3.05) is 37.1 Å². The molecule has 9 heteroatoms. The molecule has 0 unspecified atom stereocenters. The summed E-state index contributed by atoms with van der Waals surface area (Å²) >= 11 is 0. The second kappa shape index (κ2) is 10.2. The van der Waals surface area contributed by atoms with E-state index in [0.29, 0.717) is 22.9 Å². The topological polar surface area (TPSA) is 109 Å². The van der Waals surface area contributed by atoms with E-state index in [2.05, 4.69) is 20.6 Å². The van der Waals surface area contributed by atoms with Crippen LogP contribution in [0, 0.1) is 5.82 Å². The summed E-state index contributed by atoms with van der Waals surface area (Å²) in [6.07, 6.45) is 1.07. The van der Waals surface area contributed by atoms with Crippen molar-refractivity contribution in [1.29, 1.82) is 0 Å². The zero-order valence-electron chi connectivity index (χ0n) is 15.5. The molecule has 0 fully saturated rings. The molecule has 0 aliphatic rings. The molecule has 29 heavy (non-hydrogen) atoms. The lowest BCUT2D eigenvalue weighted by molar-refractivity contribution is 0.201. The predicted octanol–water partition coefficient (Wildman–Crippen LogP) is 2.85. The van der Waals surface area contributed by atoms with Crippen LogP contribution in [-0.4, -0.2) is 46.6 Å². The Morgan fingerprint density at radius 1 is 0.862 bits per heavy atom. The SMILES string of the molecule is OCCOc1cccc(Nc2ncc(F)c(Nc3cccc(OCCO)c3)n2)c1. The lowest BCUT2D eigenvalue weighted by Gasteiger charge is -2.11. The van der Waals surface area contributed by atoms with Crippen LogP contribution >= 0.6 is 0 Å². The zero-order valence-corrected chi connectivity index (χ0v) is 15.5.